The van der Waals surface area contributed by atoms with Gasteiger partial charge in [-0.3, -0.25) is 0 Å². The van der Waals surface area contributed by atoms with Crippen LogP contribution in [0.2, 0.25) is 0 Å². The largest absolute Gasteiger partial charge is 0.455 e. The van der Waals surface area contributed by atoms with Crippen molar-refractivity contribution in [1.29, 1.82) is 0 Å². The minimum atomic E-state index is -0.526. The number of hydrogen-bond acceptors (Lipinski definition) is 4. The van der Waals surface area contributed by atoms with Gasteiger partial charge in [0.2, 0.25) is 0 Å². The first kappa shape index (κ1) is 24.6. The van der Waals surface area contributed by atoms with Crippen molar-refractivity contribution in [1.82, 2.24) is 19.5 Å². The number of aromatic nitrogens is 4. The van der Waals surface area contributed by atoms with Crippen LogP contribution in [0.4, 0.5) is 0 Å². The third-order valence-corrected chi connectivity index (χ3v) is 10.1. The summed E-state index contributed by atoms with van der Waals surface area (Å²) in [5, 5.41) is 1.76. The summed E-state index contributed by atoms with van der Waals surface area (Å²) >= 11 is 0. The monoisotopic (exact) mass is 724 g/mol. The van der Waals surface area contributed by atoms with Gasteiger partial charge in [0.1, 0.15) is 11.2 Å². The molecule has 0 radical (unpaired) electrons. The molecule has 0 aliphatic rings. The summed E-state index contributed by atoms with van der Waals surface area (Å²) in [5.74, 6) is 0.966. The van der Waals surface area contributed by atoms with Crippen LogP contribution in [0.25, 0.3) is 106 Å². The Bertz CT molecular complexity index is 3630. The van der Waals surface area contributed by atoms with E-state index in [1.165, 1.54) is 4.57 Å². The van der Waals surface area contributed by atoms with Crippen LogP contribution in [-0.4, -0.2) is 19.5 Å². The molecule has 11 rings (SSSR count). The fraction of sp³-hybridized carbons (Fsp3) is 0. The van der Waals surface area contributed by atoms with Crippen LogP contribution in [0.3, 0.4) is 0 Å². The minimum absolute atomic E-state index is 0.0255. The van der Waals surface area contributed by atoms with Crippen LogP contribution < -0.4 is 0 Å². The van der Waals surface area contributed by atoms with Crippen molar-refractivity contribution in [3.05, 3.63) is 194 Å². The highest BCUT2D eigenvalue weighted by Crippen LogP contribution is 2.41. The predicted molar refractivity (Wildman–Crippen MR) is 229 cm³/mol. The summed E-state index contributed by atoms with van der Waals surface area (Å²) in [5.41, 5.74) is 6.89. The molecule has 0 saturated carbocycles. The quantitative estimate of drug-likeness (QED) is 0.171. The normalized spacial score (nSPS) is 13.6. The lowest BCUT2D eigenvalue weighted by Gasteiger charge is -2.16. The molecule has 5 heteroatoms. The van der Waals surface area contributed by atoms with E-state index in [4.69, 9.17) is 27.6 Å². The highest BCUT2D eigenvalue weighted by Gasteiger charge is 2.21. The van der Waals surface area contributed by atoms with Gasteiger partial charge in [-0.1, -0.05) is 164 Å². The molecule has 0 spiro atoms. The molecule has 8 aromatic carbocycles. The molecule has 0 fully saturated rings. The molecule has 56 heavy (non-hydrogen) atoms. The Morgan fingerprint density at radius 3 is 1.66 bits per heavy atom. The number of fused-ring (bicyclic) bond motifs is 6. The highest BCUT2D eigenvalue weighted by atomic mass is 16.3. The van der Waals surface area contributed by atoms with Crippen molar-refractivity contribution in [2.75, 3.05) is 0 Å². The van der Waals surface area contributed by atoms with Gasteiger partial charge in [0.25, 0.3) is 0 Å². The fourth-order valence-corrected chi connectivity index (χ4v) is 7.49. The zero-order valence-electron chi connectivity index (χ0n) is 37.6. The third-order valence-electron chi connectivity index (χ3n) is 10.1. The molecular formula is C51H32N4O. The van der Waals surface area contributed by atoms with Gasteiger partial charge in [0.15, 0.2) is 17.5 Å². The second-order valence-corrected chi connectivity index (χ2v) is 13.4. The second-order valence-electron chi connectivity index (χ2n) is 13.4. The van der Waals surface area contributed by atoms with Gasteiger partial charge in [-0.25, -0.2) is 15.0 Å². The van der Waals surface area contributed by atoms with E-state index < -0.39 is 48.3 Å². The molecule has 11 aromatic rings. The van der Waals surface area contributed by atoms with Crippen LogP contribution in [0.15, 0.2) is 198 Å². The Morgan fingerprint density at radius 1 is 0.411 bits per heavy atom. The standard InChI is InChI=1S/C51H32N4O/c1-3-14-33(15-4-1)34-26-28-36(29-27-34)50-52-49(35-16-5-2-6-17-35)53-51(54-50)43-31-30-37(38-21-13-22-42-41-20-9-12-25-47(41)56-48(38)42)32-46(43)55-44-23-10-7-18-39(44)40-19-8-11-24-45(40)55/h1-32H/i7D,8D,10D,11D,18D,19D,23D,24D. The number of benzene rings is 8. The van der Waals surface area contributed by atoms with Gasteiger partial charge in [-0.05, 0) is 47.0 Å². The van der Waals surface area contributed by atoms with Crippen molar-refractivity contribution in [2.45, 2.75) is 0 Å². The van der Waals surface area contributed by atoms with E-state index in [0.29, 0.717) is 39.6 Å². The van der Waals surface area contributed by atoms with E-state index >= 15 is 0 Å². The summed E-state index contributed by atoms with van der Waals surface area (Å²) in [4.78, 5) is 15.1. The van der Waals surface area contributed by atoms with Crippen molar-refractivity contribution in [3.63, 3.8) is 0 Å². The maximum Gasteiger partial charge on any atom is 0.166 e. The van der Waals surface area contributed by atoms with E-state index in [1.807, 2.05) is 146 Å². The molecule has 0 saturated heterocycles. The summed E-state index contributed by atoms with van der Waals surface area (Å²) in [6.45, 7) is 0. The van der Waals surface area contributed by atoms with Gasteiger partial charge in [-0.15, -0.1) is 0 Å². The molecule has 0 amide bonds. The highest BCUT2D eigenvalue weighted by molar-refractivity contribution is 6.11. The third kappa shape index (κ3) is 5.29. The summed E-state index contributed by atoms with van der Waals surface area (Å²) in [6, 6.07) is 42.8. The van der Waals surface area contributed by atoms with E-state index in [9.17, 15) is 2.74 Å². The Balaban J connectivity index is 1.25. The molecule has 0 N–H and O–H groups in total. The lowest BCUT2D eigenvalue weighted by Crippen LogP contribution is -2.04. The van der Waals surface area contributed by atoms with Gasteiger partial charge >= 0.3 is 0 Å². The molecule has 5 nitrogen and oxygen atoms in total. The Labute approximate surface area is 334 Å². The van der Waals surface area contributed by atoms with Crippen LogP contribution >= 0.6 is 0 Å². The Kier molecular flexibility index (Phi) is 5.74. The smallest absolute Gasteiger partial charge is 0.166 e. The molecule has 0 aliphatic heterocycles. The first-order chi connectivity index (χ1) is 31.1. The number of rotatable bonds is 6. The van der Waals surface area contributed by atoms with Crippen molar-refractivity contribution >= 4 is 43.7 Å². The minimum Gasteiger partial charge on any atom is -0.455 e. The lowest BCUT2D eigenvalue weighted by molar-refractivity contribution is 0.670. The molecule has 3 aromatic heterocycles. The van der Waals surface area contributed by atoms with Crippen molar-refractivity contribution in [3.8, 4) is 62.1 Å². The van der Waals surface area contributed by atoms with Crippen molar-refractivity contribution in [2.24, 2.45) is 0 Å². The molecule has 0 aliphatic carbocycles. The van der Waals surface area contributed by atoms with E-state index in [0.717, 1.165) is 38.6 Å². The van der Waals surface area contributed by atoms with Crippen LogP contribution in [0.5, 0.6) is 0 Å². The SMILES string of the molecule is [2H]c1c([2H])c([2H])c2c(c1[2H])c1c([2H])c([2H])c([2H])c([2H])c1n2-c1cc(-c2cccc3c2oc2ccccc23)ccc1-c1nc(-c2ccccc2)nc(-c2ccc(-c3ccccc3)cc2)n1. The first-order valence-electron chi connectivity index (χ1n) is 22.1. The van der Waals surface area contributed by atoms with Gasteiger partial charge < -0.3 is 8.98 Å². The topological polar surface area (TPSA) is 56.7 Å². The molecular weight excluding hydrogens is 685 g/mol. The first-order valence-corrected chi connectivity index (χ1v) is 18.1. The molecule has 0 bridgehead atoms. The molecule has 0 atom stereocenters. The number of nitrogens with zero attached hydrogens (tertiary/aromatic N) is 4. The number of furan rings is 1. The van der Waals surface area contributed by atoms with Gasteiger partial charge in [0.05, 0.1) is 27.7 Å². The fourth-order valence-electron chi connectivity index (χ4n) is 7.49. The maximum absolute atomic E-state index is 9.35. The van der Waals surface area contributed by atoms with Crippen LogP contribution in [0.1, 0.15) is 11.0 Å². The maximum atomic E-state index is 9.35. The molecule has 0 unspecified atom stereocenters. The predicted octanol–water partition coefficient (Wildman–Crippen LogP) is 13.2. The zero-order valence-corrected chi connectivity index (χ0v) is 29.6. The van der Waals surface area contributed by atoms with Gasteiger partial charge in [-0.2, -0.15) is 0 Å². The second kappa shape index (κ2) is 13.0. The number of para-hydroxylation sites is 4. The van der Waals surface area contributed by atoms with E-state index in [-0.39, 0.29) is 27.6 Å². The zero-order chi connectivity index (χ0) is 44.0. The lowest BCUT2D eigenvalue weighted by atomic mass is 9.99. The van der Waals surface area contributed by atoms with E-state index in [1.54, 1.807) is 0 Å². The van der Waals surface area contributed by atoms with Gasteiger partial charge in [0, 0.05) is 43.8 Å². The van der Waals surface area contributed by atoms with Crippen LogP contribution in [0, 0.1) is 0 Å². The van der Waals surface area contributed by atoms with E-state index in [2.05, 4.69) is 0 Å². The average molecular weight is 725 g/mol. The number of hydrogen-bond donors (Lipinski definition) is 0. The van der Waals surface area contributed by atoms with Crippen LogP contribution in [-0.2, 0) is 0 Å². The van der Waals surface area contributed by atoms with Crippen molar-refractivity contribution < 1.29 is 15.4 Å². The Hall–Kier alpha value is -7.63. The average Bonchev–Trinajstić information content (AvgIpc) is 3.91. The summed E-state index contributed by atoms with van der Waals surface area (Å²) < 4.78 is 79.9. The molecule has 3 heterocycles. The Morgan fingerprint density at radius 2 is 0.946 bits per heavy atom. The summed E-state index contributed by atoms with van der Waals surface area (Å²) in [6.07, 6.45) is 0. The molecule has 262 valence electrons. The summed E-state index contributed by atoms with van der Waals surface area (Å²) in [7, 11) is 0.